The van der Waals surface area contributed by atoms with E-state index in [0.29, 0.717) is 11.4 Å². The van der Waals surface area contributed by atoms with E-state index >= 15 is 0 Å². The summed E-state index contributed by atoms with van der Waals surface area (Å²) in [7, 11) is 1.27. The van der Waals surface area contributed by atoms with Crippen LogP contribution in [0.25, 0.3) is 0 Å². The first-order valence-electron chi connectivity index (χ1n) is 10.2. The van der Waals surface area contributed by atoms with Crippen molar-refractivity contribution in [1.82, 2.24) is 10.2 Å². The molecule has 0 aliphatic carbocycles. The third kappa shape index (κ3) is 5.42. The van der Waals surface area contributed by atoms with Gasteiger partial charge in [0.05, 0.1) is 24.8 Å². The topological polar surface area (TPSA) is 131 Å². The molecule has 0 radical (unpaired) electrons. The molecule has 9 nitrogen and oxygen atoms in total. The zero-order valence-corrected chi connectivity index (χ0v) is 18.0. The molecular weight excluding hydrogens is 412 g/mol. The number of hydrogen-bond acceptors (Lipinski definition) is 6. The number of nitrogen functional groups attached to an aromatic ring is 1. The number of nitrogens with two attached hydrogens (primary N) is 1. The Hall–Kier alpha value is -3.88. The molecule has 3 rings (SSSR count). The summed E-state index contributed by atoms with van der Waals surface area (Å²) >= 11 is 0. The minimum absolute atomic E-state index is 0.0104. The van der Waals surface area contributed by atoms with Gasteiger partial charge < -0.3 is 26.0 Å². The van der Waals surface area contributed by atoms with Crippen LogP contribution in [0.1, 0.15) is 29.3 Å². The van der Waals surface area contributed by atoms with Crippen LogP contribution in [0, 0.1) is 0 Å². The van der Waals surface area contributed by atoms with Gasteiger partial charge in [-0.2, -0.15) is 0 Å². The summed E-state index contributed by atoms with van der Waals surface area (Å²) in [5.41, 5.74) is 7.62. The predicted molar refractivity (Wildman–Crippen MR) is 119 cm³/mol. The van der Waals surface area contributed by atoms with Gasteiger partial charge in [0.15, 0.2) is 0 Å². The van der Waals surface area contributed by atoms with Crippen LogP contribution in [0.5, 0.6) is 0 Å². The first-order chi connectivity index (χ1) is 15.3. The summed E-state index contributed by atoms with van der Waals surface area (Å²) in [6.45, 7) is 1.30. The molecule has 0 spiro atoms. The fraction of sp³-hybridized carbons (Fsp3) is 0.304. The molecule has 1 unspecified atom stereocenters. The first kappa shape index (κ1) is 22.8. The SMILES string of the molecule is COC(=O)CC(C)NC(=O)CN1C(=O)c2cc(N)ccc2NC(=O)[C@@H]1Cc1ccccc1. The summed E-state index contributed by atoms with van der Waals surface area (Å²) in [5.74, 6) is -1.84. The van der Waals surface area contributed by atoms with Crippen molar-refractivity contribution in [3.8, 4) is 0 Å². The number of esters is 1. The van der Waals surface area contributed by atoms with Gasteiger partial charge in [0.2, 0.25) is 11.8 Å². The maximum absolute atomic E-state index is 13.4. The van der Waals surface area contributed by atoms with Gasteiger partial charge in [-0.15, -0.1) is 0 Å². The first-order valence-corrected chi connectivity index (χ1v) is 10.2. The summed E-state index contributed by atoms with van der Waals surface area (Å²) in [6.07, 6.45) is 0.219. The molecule has 32 heavy (non-hydrogen) atoms. The number of rotatable bonds is 7. The Labute approximate surface area is 185 Å². The van der Waals surface area contributed by atoms with Crippen molar-refractivity contribution in [3.05, 3.63) is 59.7 Å². The van der Waals surface area contributed by atoms with E-state index in [2.05, 4.69) is 15.4 Å². The number of anilines is 2. The standard InChI is InChI=1S/C23H26N4O5/c1-14(10-21(29)32-2)25-20(28)13-27-19(11-15-6-4-3-5-7-15)22(30)26-18-9-8-16(24)12-17(18)23(27)31/h3-9,12,14,19H,10-11,13,24H2,1-2H3,(H,25,28)(H,26,30)/t14?,19-/m0/s1. The van der Waals surface area contributed by atoms with Crippen LogP contribution in [-0.2, 0) is 25.5 Å². The largest absolute Gasteiger partial charge is 0.469 e. The molecule has 0 aromatic heterocycles. The van der Waals surface area contributed by atoms with Gasteiger partial charge in [0.1, 0.15) is 12.6 Å². The zero-order valence-electron chi connectivity index (χ0n) is 18.0. The van der Waals surface area contributed by atoms with Gasteiger partial charge in [-0.1, -0.05) is 30.3 Å². The molecule has 0 bridgehead atoms. The molecule has 1 aliphatic rings. The maximum Gasteiger partial charge on any atom is 0.307 e. The van der Waals surface area contributed by atoms with Gasteiger partial charge in [0.25, 0.3) is 5.91 Å². The number of ether oxygens (including phenoxy) is 1. The van der Waals surface area contributed by atoms with Crippen LogP contribution in [0.2, 0.25) is 0 Å². The van der Waals surface area contributed by atoms with E-state index in [1.54, 1.807) is 19.1 Å². The highest BCUT2D eigenvalue weighted by molar-refractivity contribution is 6.11. The summed E-state index contributed by atoms with van der Waals surface area (Å²) in [5, 5.41) is 5.46. The Bertz CT molecular complexity index is 1020. The summed E-state index contributed by atoms with van der Waals surface area (Å²) < 4.78 is 4.61. The van der Waals surface area contributed by atoms with Crippen molar-refractivity contribution >= 4 is 35.1 Å². The van der Waals surface area contributed by atoms with Crippen LogP contribution >= 0.6 is 0 Å². The number of nitrogens with zero attached hydrogens (tertiary/aromatic N) is 1. The lowest BCUT2D eigenvalue weighted by molar-refractivity contribution is -0.141. The lowest BCUT2D eigenvalue weighted by Gasteiger charge is -2.29. The molecule has 0 saturated heterocycles. The zero-order chi connectivity index (χ0) is 23.3. The van der Waals surface area contributed by atoms with Crippen LogP contribution in [0.3, 0.4) is 0 Å². The monoisotopic (exact) mass is 438 g/mol. The third-order valence-corrected chi connectivity index (χ3v) is 5.17. The van der Waals surface area contributed by atoms with E-state index in [1.165, 1.54) is 18.1 Å². The van der Waals surface area contributed by atoms with Crippen molar-refractivity contribution in [2.24, 2.45) is 0 Å². The van der Waals surface area contributed by atoms with E-state index in [0.717, 1.165) is 5.56 Å². The van der Waals surface area contributed by atoms with Crippen LogP contribution < -0.4 is 16.4 Å². The number of fused-ring (bicyclic) bond motifs is 1. The normalized spacial score (nSPS) is 16.4. The van der Waals surface area contributed by atoms with Gasteiger partial charge in [-0.25, -0.2) is 0 Å². The van der Waals surface area contributed by atoms with Crippen molar-refractivity contribution in [1.29, 1.82) is 0 Å². The van der Waals surface area contributed by atoms with E-state index in [1.807, 2.05) is 30.3 Å². The molecule has 1 aliphatic heterocycles. The number of nitrogens with one attached hydrogen (secondary N) is 2. The molecule has 2 aromatic carbocycles. The molecule has 3 amide bonds. The molecule has 2 atom stereocenters. The lowest BCUT2D eigenvalue weighted by atomic mass is 10.0. The minimum atomic E-state index is -0.916. The summed E-state index contributed by atoms with van der Waals surface area (Å²) in [6, 6.07) is 12.5. The van der Waals surface area contributed by atoms with E-state index in [4.69, 9.17) is 5.73 Å². The Morgan fingerprint density at radius 1 is 1.19 bits per heavy atom. The van der Waals surface area contributed by atoms with Crippen LogP contribution in [0.15, 0.2) is 48.5 Å². The summed E-state index contributed by atoms with van der Waals surface area (Å²) in [4.78, 5) is 51.9. The highest BCUT2D eigenvalue weighted by atomic mass is 16.5. The Morgan fingerprint density at radius 3 is 2.59 bits per heavy atom. The predicted octanol–water partition coefficient (Wildman–Crippen LogP) is 1.34. The molecule has 168 valence electrons. The number of carbonyl (C=O) groups is 4. The number of methoxy groups -OCH3 is 1. The molecule has 4 N–H and O–H groups in total. The van der Waals surface area contributed by atoms with Crippen LogP contribution in [-0.4, -0.2) is 54.3 Å². The quantitative estimate of drug-likeness (QED) is 0.442. The fourth-order valence-electron chi connectivity index (χ4n) is 3.58. The molecule has 9 heteroatoms. The second-order valence-electron chi connectivity index (χ2n) is 7.68. The Morgan fingerprint density at radius 2 is 1.91 bits per heavy atom. The Kier molecular flexibility index (Phi) is 7.09. The number of carbonyl (C=O) groups excluding carboxylic acids is 4. The molecular formula is C23H26N4O5. The van der Waals surface area contributed by atoms with Crippen molar-refractivity contribution in [2.75, 3.05) is 24.7 Å². The molecule has 0 fully saturated rings. The third-order valence-electron chi connectivity index (χ3n) is 5.17. The number of benzene rings is 2. The highest BCUT2D eigenvalue weighted by Gasteiger charge is 2.36. The number of hydrogen-bond donors (Lipinski definition) is 3. The number of amides is 3. The van der Waals surface area contributed by atoms with E-state index in [-0.39, 0.29) is 24.9 Å². The van der Waals surface area contributed by atoms with Crippen molar-refractivity contribution in [3.63, 3.8) is 0 Å². The highest BCUT2D eigenvalue weighted by Crippen LogP contribution is 2.26. The van der Waals surface area contributed by atoms with Gasteiger partial charge in [0, 0.05) is 18.2 Å². The molecule has 2 aromatic rings. The average molecular weight is 438 g/mol. The van der Waals surface area contributed by atoms with Gasteiger partial charge in [-0.05, 0) is 30.7 Å². The van der Waals surface area contributed by atoms with Crippen molar-refractivity contribution in [2.45, 2.75) is 31.8 Å². The van der Waals surface area contributed by atoms with Crippen LogP contribution in [0.4, 0.5) is 11.4 Å². The van der Waals surface area contributed by atoms with Gasteiger partial charge in [-0.3, -0.25) is 19.2 Å². The van der Waals surface area contributed by atoms with Crippen molar-refractivity contribution < 1.29 is 23.9 Å². The fourth-order valence-corrected chi connectivity index (χ4v) is 3.58. The Balaban J connectivity index is 1.88. The van der Waals surface area contributed by atoms with E-state index in [9.17, 15) is 19.2 Å². The smallest absolute Gasteiger partial charge is 0.307 e. The van der Waals surface area contributed by atoms with Gasteiger partial charge >= 0.3 is 5.97 Å². The molecule has 1 heterocycles. The average Bonchev–Trinajstić information content (AvgIpc) is 2.85. The molecule has 0 saturated carbocycles. The van der Waals surface area contributed by atoms with E-state index < -0.39 is 35.8 Å². The second kappa shape index (κ2) is 9.95. The lowest BCUT2D eigenvalue weighted by Crippen LogP contribution is -2.51. The maximum atomic E-state index is 13.4. The minimum Gasteiger partial charge on any atom is -0.469 e. The second-order valence-corrected chi connectivity index (χ2v) is 7.68.